The molecular formula is C13H12N8. The molecule has 0 amide bonds. The number of anilines is 1. The molecule has 8 nitrogen and oxygen atoms in total. The zero-order valence-corrected chi connectivity index (χ0v) is 11.3. The topological polar surface area (TPSA) is 108 Å². The molecule has 0 spiro atoms. The Balaban J connectivity index is 1.59. The Morgan fingerprint density at radius 2 is 2.05 bits per heavy atom. The van der Waals surface area contributed by atoms with Crippen molar-refractivity contribution in [2.45, 2.75) is 13.5 Å². The van der Waals surface area contributed by atoms with Crippen LogP contribution in [0.15, 0.2) is 24.4 Å². The molecule has 0 radical (unpaired) electrons. The molecule has 3 N–H and O–H groups in total. The lowest BCUT2D eigenvalue weighted by Gasteiger charge is -2.06. The van der Waals surface area contributed by atoms with Gasteiger partial charge in [-0.25, -0.2) is 4.98 Å². The highest BCUT2D eigenvalue weighted by Crippen LogP contribution is 2.15. The number of aromatic nitrogens is 7. The molecule has 0 atom stereocenters. The second-order valence-corrected chi connectivity index (χ2v) is 4.77. The Kier molecular flexibility index (Phi) is 2.53. The third-order valence-electron chi connectivity index (χ3n) is 3.33. The molecule has 0 saturated carbocycles. The third kappa shape index (κ3) is 2.06. The lowest BCUT2D eigenvalue weighted by Crippen LogP contribution is -2.04. The Hall–Kier alpha value is -3.03. The fraction of sp³-hybridized carbons (Fsp3) is 0.154. The maximum Gasteiger partial charge on any atom is 0.225 e. The molecule has 0 aliphatic carbocycles. The van der Waals surface area contributed by atoms with Gasteiger partial charge in [-0.1, -0.05) is 6.07 Å². The molecule has 0 aliphatic heterocycles. The van der Waals surface area contributed by atoms with Gasteiger partial charge >= 0.3 is 0 Å². The molecular weight excluding hydrogens is 268 g/mol. The summed E-state index contributed by atoms with van der Waals surface area (Å²) in [6, 6.07) is 5.91. The summed E-state index contributed by atoms with van der Waals surface area (Å²) in [7, 11) is 0. The van der Waals surface area contributed by atoms with Crippen LogP contribution in [0.5, 0.6) is 0 Å². The number of fused-ring (bicyclic) bond motifs is 2. The molecule has 0 bridgehead atoms. The van der Waals surface area contributed by atoms with E-state index < -0.39 is 0 Å². The van der Waals surface area contributed by atoms with Crippen LogP contribution in [-0.2, 0) is 6.54 Å². The van der Waals surface area contributed by atoms with Gasteiger partial charge in [-0.2, -0.15) is 25.5 Å². The van der Waals surface area contributed by atoms with Gasteiger partial charge in [0.1, 0.15) is 11.0 Å². The molecule has 1 aromatic carbocycles. The molecule has 3 heterocycles. The number of hydrogen-bond donors (Lipinski definition) is 3. The number of nitrogens with one attached hydrogen (secondary N) is 3. The number of aromatic amines is 2. The molecule has 4 aromatic rings. The average Bonchev–Trinajstić information content (AvgIpc) is 3.13. The van der Waals surface area contributed by atoms with Gasteiger partial charge in [0, 0.05) is 6.54 Å². The predicted molar refractivity (Wildman–Crippen MR) is 77.6 cm³/mol. The highest BCUT2D eigenvalue weighted by molar-refractivity contribution is 5.77. The first-order valence-electron chi connectivity index (χ1n) is 6.50. The van der Waals surface area contributed by atoms with E-state index in [9.17, 15) is 0 Å². The number of H-pyrrole nitrogens is 2. The lowest BCUT2D eigenvalue weighted by atomic mass is 10.2. The van der Waals surface area contributed by atoms with Gasteiger partial charge in [0.25, 0.3) is 0 Å². The summed E-state index contributed by atoms with van der Waals surface area (Å²) in [5.74, 6) is 0.574. The van der Waals surface area contributed by atoms with Crippen LogP contribution >= 0.6 is 0 Å². The van der Waals surface area contributed by atoms with Crippen LogP contribution in [0.2, 0.25) is 0 Å². The van der Waals surface area contributed by atoms with E-state index in [1.807, 2.05) is 25.1 Å². The summed E-state index contributed by atoms with van der Waals surface area (Å²) in [6.07, 6.45) is 1.73. The molecule has 4 rings (SSSR count). The molecule has 0 saturated heterocycles. The summed E-state index contributed by atoms with van der Waals surface area (Å²) >= 11 is 0. The second-order valence-electron chi connectivity index (χ2n) is 4.77. The van der Waals surface area contributed by atoms with Crippen molar-refractivity contribution in [3.8, 4) is 0 Å². The van der Waals surface area contributed by atoms with Crippen molar-refractivity contribution < 1.29 is 0 Å². The van der Waals surface area contributed by atoms with E-state index in [1.54, 1.807) is 6.20 Å². The molecule has 3 aromatic heterocycles. The molecule has 21 heavy (non-hydrogen) atoms. The summed E-state index contributed by atoms with van der Waals surface area (Å²) in [5, 5.41) is 21.7. The number of rotatable bonds is 3. The maximum atomic E-state index is 4.42. The monoisotopic (exact) mass is 280 g/mol. The fourth-order valence-electron chi connectivity index (χ4n) is 2.24. The van der Waals surface area contributed by atoms with Crippen LogP contribution in [-0.4, -0.2) is 35.6 Å². The second kappa shape index (κ2) is 4.51. The van der Waals surface area contributed by atoms with Crippen molar-refractivity contribution in [2.75, 3.05) is 5.32 Å². The van der Waals surface area contributed by atoms with Gasteiger partial charge in [-0.3, -0.25) is 5.10 Å². The van der Waals surface area contributed by atoms with Crippen LogP contribution in [0.1, 0.15) is 11.3 Å². The average molecular weight is 280 g/mol. The van der Waals surface area contributed by atoms with Gasteiger partial charge in [0.15, 0.2) is 5.65 Å². The Morgan fingerprint density at radius 3 is 3.00 bits per heavy atom. The zero-order valence-electron chi connectivity index (χ0n) is 11.3. The van der Waals surface area contributed by atoms with E-state index in [0.29, 0.717) is 12.5 Å². The van der Waals surface area contributed by atoms with Crippen molar-refractivity contribution >= 4 is 28.0 Å². The van der Waals surface area contributed by atoms with E-state index in [-0.39, 0.29) is 0 Å². The van der Waals surface area contributed by atoms with Crippen molar-refractivity contribution in [1.82, 2.24) is 35.6 Å². The van der Waals surface area contributed by atoms with Crippen LogP contribution in [0.4, 0.5) is 5.95 Å². The SMILES string of the molecule is Cc1nc(NCc2ccc3n[nH]nc3c2)nc2[nH]ncc12. The first-order chi connectivity index (χ1) is 10.3. The standard InChI is InChI=1S/C13H12N8/c1-7-9-6-15-20-12(9)17-13(16-7)14-5-8-2-3-10-11(4-8)19-21-18-10/h2-4,6H,5H2,1H3,(H,18,19,21)(H2,14,15,16,17,20). The van der Waals surface area contributed by atoms with Crippen molar-refractivity contribution in [2.24, 2.45) is 0 Å². The van der Waals surface area contributed by atoms with Gasteiger partial charge in [0.05, 0.1) is 17.3 Å². The van der Waals surface area contributed by atoms with E-state index in [2.05, 4.69) is 40.9 Å². The normalized spacial score (nSPS) is 11.3. The number of hydrogen-bond acceptors (Lipinski definition) is 6. The molecule has 104 valence electrons. The Morgan fingerprint density at radius 1 is 1.14 bits per heavy atom. The maximum absolute atomic E-state index is 4.42. The molecule has 8 heteroatoms. The third-order valence-corrected chi connectivity index (χ3v) is 3.33. The van der Waals surface area contributed by atoms with E-state index in [4.69, 9.17) is 0 Å². The minimum Gasteiger partial charge on any atom is -0.350 e. The number of aryl methyl sites for hydroxylation is 1. The zero-order chi connectivity index (χ0) is 14.2. The lowest BCUT2D eigenvalue weighted by molar-refractivity contribution is 0.959. The molecule has 0 aliphatic rings. The summed E-state index contributed by atoms with van der Waals surface area (Å²) < 4.78 is 0. The van der Waals surface area contributed by atoms with E-state index >= 15 is 0 Å². The molecule has 0 unspecified atom stereocenters. The van der Waals surface area contributed by atoms with Crippen molar-refractivity contribution in [3.63, 3.8) is 0 Å². The van der Waals surface area contributed by atoms with E-state index in [1.165, 1.54) is 0 Å². The quantitative estimate of drug-likeness (QED) is 0.525. The van der Waals surface area contributed by atoms with Crippen molar-refractivity contribution in [1.29, 1.82) is 0 Å². The van der Waals surface area contributed by atoms with Gasteiger partial charge in [-0.15, -0.1) is 0 Å². The predicted octanol–water partition coefficient (Wildman–Crippen LogP) is 1.54. The first-order valence-corrected chi connectivity index (χ1v) is 6.50. The minimum atomic E-state index is 0.574. The number of benzene rings is 1. The summed E-state index contributed by atoms with van der Waals surface area (Å²) in [4.78, 5) is 8.81. The summed E-state index contributed by atoms with van der Waals surface area (Å²) in [5.41, 5.74) is 4.41. The van der Waals surface area contributed by atoms with Crippen molar-refractivity contribution in [3.05, 3.63) is 35.7 Å². The Bertz CT molecular complexity index is 922. The summed E-state index contributed by atoms with van der Waals surface area (Å²) in [6.45, 7) is 2.55. The van der Waals surface area contributed by atoms with Crippen LogP contribution in [0, 0.1) is 6.92 Å². The van der Waals surface area contributed by atoms with Crippen LogP contribution < -0.4 is 5.32 Å². The Labute approximate surface area is 119 Å². The smallest absolute Gasteiger partial charge is 0.225 e. The van der Waals surface area contributed by atoms with Crippen LogP contribution in [0.3, 0.4) is 0 Å². The minimum absolute atomic E-state index is 0.574. The van der Waals surface area contributed by atoms with Gasteiger partial charge in [-0.05, 0) is 24.6 Å². The van der Waals surface area contributed by atoms with Crippen LogP contribution in [0.25, 0.3) is 22.1 Å². The number of nitrogens with zero attached hydrogens (tertiary/aromatic N) is 5. The molecule has 0 fully saturated rings. The highest BCUT2D eigenvalue weighted by Gasteiger charge is 2.06. The van der Waals surface area contributed by atoms with Gasteiger partial charge in [0.2, 0.25) is 5.95 Å². The highest BCUT2D eigenvalue weighted by atomic mass is 15.3. The largest absolute Gasteiger partial charge is 0.350 e. The fourth-order valence-corrected chi connectivity index (χ4v) is 2.24. The first kappa shape index (κ1) is 11.8. The van der Waals surface area contributed by atoms with E-state index in [0.717, 1.165) is 33.3 Å². The van der Waals surface area contributed by atoms with Gasteiger partial charge < -0.3 is 5.32 Å².